The van der Waals surface area contributed by atoms with E-state index in [1.807, 2.05) is 5.51 Å². The number of hydrogen-bond acceptors (Lipinski definition) is 3. The molecule has 1 heterocycles. The smallest absolute Gasteiger partial charge is 0.0795 e. The van der Waals surface area contributed by atoms with Gasteiger partial charge in [-0.25, -0.2) is 4.98 Å². The third-order valence-electron chi connectivity index (χ3n) is 4.00. The van der Waals surface area contributed by atoms with Crippen LogP contribution in [0.5, 0.6) is 0 Å². The molecule has 1 aliphatic carbocycles. The van der Waals surface area contributed by atoms with E-state index in [9.17, 15) is 0 Å². The Kier molecular flexibility index (Phi) is 3.95. The van der Waals surface area contributed by atoms with Crippen molar-refractivity contribution in [1.82, 2.24) is 10.3 Å². The van der Waals surface area contributed by atoms with E-state index in [0.29, 0.717) is 0 Å². The normalized spacial score (nSPS) is 17.1. The van der Waals surface area contributed by atoms with Crippen molar-refractivity contribution >= 4 is 11.3 Å². The highest BCUT2D eigenvalue weighted by atomic mass is 32.1. The molecule has 2 nitrogen and oxygen atoms in total. The highest BCUT2D eigenvalue weighted by molar-refractivity contribution is 7.07. The number of thiazole rings is 1. The van der Waals surface area contributed by atoms with E-state index in [1.54, 1.807) is 11.3 Å². The lowest BCUT2D eigenvalue weighted by atomic mass is 9.80. The van der Waals surface area contributed by atoms with Gasteiger partial charge in [-0.3, -0.25) is 0 Å². The molecule has 1 aromatic carbocycles. The second-order valence-electron chi connectivity index (χ2n) is 5.20. The summed E-state index contributed by atoms with van der Waals surface area (Å²) < 4.78 is 0. The van der Waals surface area contributed by atoms with Gasteiger partial charge in [-0.05, 0) is 36.4 Å². The summed E-state index contributed by atoms with van der Waals surface area (Å²) in [6.07, 6.45) is 4.12. The summed E-state index contributed by atoms with van der Waals surface area (Å²) in [5, 5.41) is 5.65. The van der Waals surface area contributed by atoms with E-state index < -0.39 is 0 Å². The van der Waals surface area contributed by atoms with Gasteiger partial charge in [0.05, 0.1) is 17.2 Å². The van der Waals surface area contributed by atoms with Crippen LogP contribution < -0.4 is 5.32 Å². The zero-order valence-corrected chi connectivity index (χ0v) is 12.1. The first-order valence-electron chi connectivity index (χ1n) is 7.10. The maximum absolute atomic E-state index is 4.45. The molecule has 0 radical (unpaired) electrons. The first-order valence-corrected chi connectivity index (χ1v) is 8.04. The fourth-order valence-corrected chi connectivity index (χ4v) is 3.24. The summed E-state index contributed by atoms with van der Waals surface area (Å²) >= 11 is 1.66. The Morgan fingerprint density at radius 3 is 2.63 bits per heavy atom. The standard InChI is InChI=1S/C16H20N2S/c1-2-17-16(15-10-19-11-18-15)14-8-6-13(7-9-14)12-4-3-5-12/h6-12,16-17H,2-5H2,1H3. The molecule has 1 saturated carbocycles. The average molecular weight is 272 g/mol. The third-order valence-corrected chi connectivity index (χ3v) is 4.61. The van der Waals surface area contributed by atoms with Crippen LogP contribution in [0.25, 0.3) is 0 Å². The molecular formula is C16H20N2S. The summed E-state index contributed by atoms with van der Waals surface area (Å²) in [5.41, 5.74) is 5.85. The number of aromatic nitrogens is 1. The minimum Gasteiger partial charge on any atom is -0.305 e. The number of nitrogens with one attached hydrogen (secondary N) is 1. The third kappa shape index (κ3) is 2.72. The topological polar surface area (TPSA) is 24.9 Å². The lowest BCUT2D eigenvalue weighted by Crippen LogP contribution is -2.22. The predicted octanol–water partition coefficient (Wildman–Crippen LogP) is 4.11. The molecule has 100 valence electrons. The zero-order valence-electron chi connectivity index (χ0n) is 11.3. The van der Waals surface area contributed by atoms with Crippen molar-refractivity contribution in [3.8, 4) is 0 Å². The molecule has 0 spiro atoms. The van der Waals surface area contributed by atoms with Crippen LogP contribution in [0.15, 0.2) is 35.2 Å². The molecule has 2 aromatic rings. The van der Waals surface area contributed by atoms with Gasteiger partial charge in [-0.1, -0.05) is 37.6 Å². The molecule has 1 aromatic heterocycles. The number of rotatable bonds is 5. The van der Waals surface area contributed by atoms with Gasteiger partial charge in [0.2, 0.25) is 0 Å². The number of benzene rings is 1. The van der Waals surface area contributed by atoms with Crippen LogP contribution in [0.1, 0.15) is 55.0 Å². The number of hydrogen-bond donors (Lipinski definition) is 1. The quantitative estimate of drug-likeness (QED) is 0.886. The van der Waals surface area contributed by atoms with Gasteiger partial charge >= 0.3 is 0 Å². The van der Waals surface area contributed by atoms with Crippen molar-refractivity contribution in [1.29, 1.82) is 0 Å². The Hall–Kier alpha value is -1.19. The van der Waals surface area contributed by atoms with E-state index in [0.717, 1.165) is 18.2 Å². The molecule has 3 heteroatoms. The molecule has 0 aliphatic heterocycles. The molecule has 0 amide bonds. The summed E-state index contributed by atoms with van der Waals surface area (Å²) in [7, 11) is 0. The van der Waals surface area contributed by atoms with Crippen LogP contribution in [0.2, 0.25) is 0 Å². The average Bonchev–Trinajstić information content (AvgIpc) is 2.89. The van der Waals surface area contributed by atoms with Crippen LogP contribution in [0.4, 0.5) is 0 Å². The molecule has 0 saturated heterocycles. The minimum atomic E-state index is 0.228. The van der Waals surface area contributed by atoms with Gasteiger partial charge in [-0.2, -0.15) is 0 Å². The van der Waals surface area contributed by atoms with Crippen molar-refractivity contribution in [2.75, 3.05) is 6.54 Å². The molecule has 0 bridgehead atoms. The Morgan fingerprint density at radius 1 is 1.32 bits per heavy atom. The van der Waals surface area contributed by atoms with Crippen LogP contribution in [0, 0.1) is 0 Å². The number of nitrogens with zero attached hydrogens (tertiary/aromatic N) is 1. The van der Waals surface area contributed by atoms with E-state index in [-0.39, 0.29) is 6.04 Å². The largest absolute Gasteiger partial charge is 0.305 e. The van der Waals surface area contributed by atoms with Gasteiger partial charge < -0.3 is 5.32 Å². The first-order chi connectivity index (χ1) is 9.38. The van der Waals surface area contributed by atoms with Crippen LogP contribution in [-0.2, 0) is 0 Å². The maximum atomic E-state index is 4.45. The monoisotopic (exact) mass is 272 g/mol. The fraction of sp³-hybridized carbons (Fsp3) is 0.438. The SMILES string of the molecule is CCNC(c1ccc(C2CCC2)cc1)c1cscn1. The lowest BCUT2D eigenvalue weighted by molar-refractivity contribution is 0.419. The lowest BCUT2D eigenvalue weighted by Gasteiger charge is -2.26. The van der Waals surface area contributed by atoms with Crippen molar-refractivity contribution in [3.63, 3.8) is 0 Å². The molecule has 1 fully saturated rings. The Balaban J connectivity index is 1.81. The van der Waals surface area contributed by atoms with Crippen LogP contribution >= 0.6 is 11.3 Å². The molecular weight excluding hydrogens is 252 g/mol. The summed E-state index contributed by atoms with van der Waals surface area (Å²) in [6, 6.07) is 9.36. The van der Waals surface area contributed by atoms with Crippen molar-refractivity contribution in [2.24, 2.45) is 0 Å². The van der Waals surface area contributed by atoms with Crippen molar-refractivity contribution in [3.05, 3.63) is 52.0 Å². The van der Waals surface area contributed by atoms with Gasteiger partial charge in [0, 0.05) is 5.38 Å². The van der Waals surface area contributed by atoms with Crippen molar-refractivity contribution in [2.45, 2.75) is 38.1 Å². The first kappa shape index (κ1) is 12.8. The second-order valence-corrected chi connectivity index (χ2v) is 5.92. The molecule has 1 N–H and O–H groups in total. The van der Waals surface area contributed by atoms with Crippen LogP contribution in [-0.4, -0.2) is 11.5 Å². The van der Waals surface area contributed by atoms with E-state index >= 15 is 0 Å². The summed E-state index contributed by atoms with van der Waals surface area (Å²) in [5.74, 6) is 0.811. The minimum absolute atomic E-state index is 0.228. The molecule has 1 unspecified atom stereocenters. The van der Waals surface area contributed by atoms with E-state index in [4.69, 9.17) is 0 Å². The van der Waals surface area contributed by atoms with E-state index in [2.05, 4.69) is 46.9 Å². The van der Waals surface area contributed by atoms with Gasteiger partial charge in [0.25, 0.3) is 0 Å². The fourth-order valence-electron chi connectivity index (χ4n) is 2.66. The highest BCUT2D eigenvalue weighted by Gasteiger charge is 2.20. The molecule has 1 atom stereocenters. The highest BCUT2D eigenvalue weighted by Crippen LogP contribution is 2.36. The van der Waals surface area contributed by atoms with Gasteiger partial charge in [0.15, 0.2) is 0 Å². The molecule has 1 aliphatic rings. The summed E-state index contributed by atoms with van der Waals surface area (Å²) in [4.78, 5) is 4.45. The van der Waals surface area contributed by atoms with Crippen LogP contribution in [0.3, 0.4) is 0 Å². The molecule has 3 rings (SSSR count). The molecule has 19 heavy (non-hydrogen) atoms. The van der Waals surface area contributed by atoms with E-state index in [1.165, 1.54) is 30.4 Å². The Labute approximate surface area is 118 Å². The predicted molar refractivity (Wildman–Crippen MR) is 80.7 cm³/mol. The maximum Gasteiger partial charge on any atom is 0.0795 e. The second kappa shape index (κ2) is 5.85. The Morgan fingerprint density at radius 2 is 2.11 bits per heavy atom. The summed E-state index contributed by atoms with van der Waals surface area (Å²) in [6.45, 7) is 3.09. The van der Waals surface area contributed by atoms with Gasteiger partial charge in [-0.15, -0.1) is 11.3 Å². The van der Waals surface area contributed by atoms with Gasteiger partial charge in [0.1, 0.15) is 0 Å². The van der Waals surface area contributed by atoms with Crippen molar-refractivity contribution < 1.29 is 0 Å². The Bertz CT molecular complexity index is 500. The zero-order chi connectivity index (χ0) is 13.1.